The first-order valence-corrected chi connectivity index (χ1v) is 16.9. The molecule has 0 heterocycles. The molecule has 11 heteroatoms. The van der Waals surface area contributed by atoms with Gasteiger partial charge in [0, 0.05) is 0 Å². The highest BCUT2D eigenvalue weighted by Crippen LogP contribution is 2.13. The van der Waals surface area contributed by atoms with Crippen LogP contribution in [0, 0.1) is 0 Å². The number of hydrogen-bond acceptors (Lipinski definition) is 8. The fourth-order valence-corrected chi connectivity index (χ4v) is 4.45. The molecule has 0 saturated carbocycles. The van der Waals surface area contributed by atoms with Crippen molar-refractivity contribution in [3.63, 3.8) is 0 Å². The Labute approximate surface area is 245 Å². The number of aliphatic hydroxyl groups excluding tert-OH is 1. The molecule has 0 saturated heterocycles. The number of carboxylic acids is 1. The Hall–Kier alpha value is -0.820. The molecule has 0 aromatic carbocycles. The molecule has 2 atom stereocenters. The SMILES string of the molecule is CCCCCCCCCCCCCCCCCC[NH+](CCOCCC(=O)O)CC(C)OCCO.COS(=O)(=O)[O-]. The summed E-state index contributed by atoms with van der Waals surface area (Å²) < 4.78 is 42.1. The molecule has 0 amide bonds. The molecule has 0 fully saturated rings. The van der Waals surface area contributed by atoms with Gasteiger partial charge < -0.3 is 29.1 Å². The van der Waals surface area contributed by atoms with Crippen LogP contribution < -0.4 is 4.90 Å². The number of carbonyl (C=O) groups is 1. The van der Waals surface area contributed by atoms with Gasteiger partial charge in [0.1, 0.15) is 19.2 Å². The maximum absolute atomic E-state index is 10.6. The van der Waals surface area contributed by atoms with Crippen LogP contribution in [0.5, 0.6) is 0 Å². The molecule has 10 nitrogen and oxygen atoms in total. The lowest BCUT2D eigenvalue weighted by atomic mass is 10.0. The van der Waals surface area contributed by atoms with Gasteiger partial charge in [0.25, 0.3) is 0 Å². The van der Waals surface area contributed by atoms with E-state index in [0.29, 0.717) is 13.2 Å². The molecule has 2 unspecified atom stereocenters. The van der Waals surface area contributed by atoms with Crippen molar-refractivity contribution >= 4 is 16.4 Å². The third kappa shape index (κ3) is 37.2. The summed E-state index contributed by atoms with van der Waals surface area (Å²) in [5.41, 5.74) is 0. The summed E-state index contributed by atoms with van der Waals surface area (Å²) in [6.45, 7) is 8.46. The number of hydrogen-bond donors (Lipinski definition) is 3. The number of carboxylic acid groups (broad SMARTS) is 1. The minimum Gasteiger partial charge on any atom is -0.726 e. The topological polar surface area (TPSA) is 147 Å². The van der Waals surface area contributed by atoms with Crippen LogP contribution in [0.4, 0.5) is 0 Å². The largest absolute Gasteiger partial charge is 0.726 e. The third-order valence-corrected chi connectivity index (χ3v) is 7.13. The zero-order valence-electron chi connectivity index (χ0n) is 25.7. The Kier molecular flexibility index (Phi) is 32.1. The van der Waals surface area contributed by atoms with Crippen LogP contribution in [0.2, 0.25) is 0 Å². The predicted molar refractivity (Wildman–Crippen MR) is 157 cm³/mol. The van der Waals surface area contributed by atoms with Crippen LogP contribution >= 0.6 is 0 Å². The average molecular weight is 600 g/mol. The lowest BCUT2D eigenvalue weighted by Crippen LogP contribution is -3.13. The van der Waals surface area contributed by atoms with Crippen LogP contribution in [-0.2, 0) is 28.9 Å². The van der Waals surface area contributed by atoms with E-state index in [9.17, 15) is 17.8 Å². The highest BCUT2D eigenvalue weighted by Gasteiger charge is 2.14. The first-order chi connectivity index (χ1) is 19.2. The molecule has 0 aliphatic heterocycles. The number of rotatable bonds is 29. The van der Waals surface area contributed by atoms with Crippen LogP contribution in [0.1, 0.15) is 123 Å². The second-order valence-corrected chi connectivity index (χ2v) is 11.6. The molecule has 242 valence electrons. The zero-order valence-corrected chi connectivity index (χ0v) is 26.5. The van der Waals surface area contributed by atoms with E-state index in [1.807, 2.05) is 0 Å². The van der Waals surface area contributed by atoms with E-state index in [0.717, 1.165) is 26.7 Å². The number of unbranched alkanes of at least 4 members (excludes halogenated alkanes) is 15. The summed E-state index contributed by atoms with van der Waals surface area (Å²) in [6.07, 6.45) is 22.2. The summed E-state index contributed by atoms with van der Waals surface area (Å²) in [4.78, 5) is 12.0. The van der Waals surface area contributed by atoms with Crippen molar-refractivity contribution in [2.75, 3.05) is 53.2 Å². The second kappa shape index (κ2) is 31.1. The van der Waals surface area contributed by atoms with E-state index in [1.165, 1.54) is 108 Å². The zero-order chi connectivity index (χ0) is 30.3. The number of nitrogens with one attached hydrogen (secondary N) is 1. The van der Waals surface area contributed by atoms with Crippen LogP contribution in [0.3, 0.4) is 0 Å². The van der Waals surface area contributed by atoms with Crippen LogP contribution in [0.15, 0.2) is 0 Å². The lowest BCUT2D eigenvalue weighted by molar-refractivity contribution is -0.903. The Morgan fingerprint density at radius 2 is 1.25 bits per heavy atom. The molecule has 0 aromatic rings. The highest BCUT2D eigenvalue weighted by atomic mass is 32.3. The van der Waals surface area contributed by atoms with E-state index in [4.69, 9.17) is 19.7 Å². The van der Waals surface area contributed by atoms with Gasteiger partial charge in [-0.15, -0.1) is 0 Å². The van der Waals surface area contributed by atoms with E-state index >= 15 is 0 Å². The molecule has 3 N–H and O–H groups in total. The highest BCUT2D eigenvalue weighted by molar-refractivity contribution is 7.80. The van der Waals surface area contributed by atoms with Crippen LogP contribution in [-0.4, -0.2) is 88.4 Å². The first-order valence-electron chi connectivity index (χ1n) is 15.5. The quantitative estimate of drug-likeness (QED) is 0.0656. The van der Waals surface area contributed by atoms with Crippen molar-refractivity contribution in [1.29, 1.82) is 0 Å². The molecule has 0 radical (unpaired) electrons. The third-order valence-electron chi connectivity index (χ3n) is 6.72. The normalized spacial score (nSPS) is 13.0. The molecular formula is C29H61NO9S. The van der Waals surface area contributed by atoms with E-state index in [-0.39, 0.29) is 25.7 Å². The van der Waals surface area contributed by atoms with Crippen molar-refractivity contribution in [3.8, 4) is 0 Å². The fourth-order valence-electron chi connectivity index (χ4n) is 4.45. The van der Waals surface area contributed by atoms with Gasteiger partial charge >= 0.3 is 5.97 Å². The Morgan fingerprint density at radius 1 is 0.800 bits per heavy atom. The molecule has 0 bridgehead atoms. The number of quaternary nitrogens is 1. The Balaban J connectivity index is 0. The minimum absolute atomic E-state index is 0.0527. The number of aliphatic hydroxyl groups is 1. The molecule has 0 spiro atoms. The first kappa shape index (κ1) is 41.3. The average Bonchev–Trinajstić information content (AvgIpc) is 2.91. The predicted octanol–water partition coefficient (Wildman–Crippen LogP) is 4.11. The molecule has 0 aliphatic rings. The lowest BCUT2D eigenvalue weighted by Gasteiger charge is -2.23. The number of aliphatic carboxylic acids is 1. The molecular weight excluding hydrogens is 538 g/mol. The van der Waals surface area contributed by atoms with Crippen molar-refractivity contribution < 1.29 is 46.5 Å². The standard InChI is InChI=1S/C28H57NO5.CH4O4S/c1-3-4-5-6-7-8-9-10-11-12-13-14-15-16-17-18-20-29(26-27(2)34-25-22-30)21-24-33-23-19-28(31)32;1-5-6(2,3)4/h27,30H,3-26H2,1-2H3,(H,31,32);1H3,(H,2,3,4). The van der Waals surface area contributed by atoms with Gasteiger partial charge in [0.15, 0.2) is 0 Å². The van der Waals surface area contributed by atoms with E-state index < -0.39 is 16.4 Å². The summed E-state index contributed by atoms with van der Waals surface area (Å²) in [5.74, 6) is -0.816. The molecule has 0 rings (SSSR count). The van der Waals surface area contributed by atoms with Gasteiger partial charge in [-0.1, -0.05) is 96.8 Å². The molecule has 40 heavy (non-hydrogen) atoms. The second-order valence-electron chi connectivity index (χ2n) is 10.5. The van der Waals surface area contributed by atoms with Crippen molar-refractivity contribution in [2.24, 2.45) is 0 Å². The monoisotopic (exact) mass is 599 g/mol. The Morgan fingerprint density at radius 3 is 1.65 bits per heavy atom. The summed E-state index contributed by atoms with van der Waals surface area (Å²) in [5, 5.41) is 17.7. The van der Waals surface area contributed by atoms with Gasteiger partial charge in [0.05, 0.1) is 46.5 Å². The minimum atomic E-state index is -4.41. The van der Waals surface area contributed by atoms with Gasteiger partial charge in [-0.3, -0.25) is 8.98 Å². The summed E-state index contributed by atoms with van der Waals surface area (Å²) in [7, 11) is -3.60. The molecule has 0 aliphatic carbocycles. The van der Waals surface area contributed by atoms with Crippen molar-refractivity contribution in [2.45, 2.75) is 129 Å². The maximum atomic E-state index is 10.6. The number of ether oxygens (including phenoxy) is 2. The van der Waals surface area contributed by atoms with Crippen LogP contribution in [0.25, 0.3) is 0 Å². The Bertz CT molecular complexity index is 635. The van der Waals surface area contributed by atoms with Gasteiger partial charge in [-0.05, 0) is 19.8 Å². The fraction of sp³-hybridized carbons (Fsp3) is 0.966. The summed E-state index contributed by atoms with van der Waals surface area (Å²) >= 11 is 0. The maximum Gasteiger partial charge on any atom is 0.305 e. The smallest absolute Gasteiger partial charge is 0.305 e. The van der Waals surface area contributed by atoms with Gasteiger partial charge in [0.2, 0.25) is 10.4 Å². The van der Waals surface area contributed by atoms with E-state index in [1.54, 1.807) is 0 Å². The van der Waals surface area contributed by atoms with Crippen molar-refractivity contribution in [3.05, 3.63) is 0 Å². The van der Waals surface area contributed by atoms with Gasteiger partial charge in [-0.2, -0.15) is 0 Å². The van der Waals surface area contributed by atoms with E-state index in [2.05, 4.69) is 18.0 Å². The van der Waals surface area contributed by atoms with Crippen molar-refractivity contribution in [1.82, 2.24) is 0 Å². The van der Waals surface area contributed by atoms with Gasteiger partial charge in [-0.25, -0.2) is 8.42 Å². The summed E-state index contributed by atoms with van der Waals surface area (Å²) in [6, 6.07) is 0. The molecule has 0 aromatic heterocycles.